The second-order valence-corrected chi connectivity index (χ2v) is 7.59. The summed E-state index contributed by atoms with van der Waals surface area (Å²) in [7, 11) is -3.57. The number of hydrogen-bond acceptors (Lipinski definition) is 4. The molecule has 18 heavy (non-hydrogen) atoms. The Bertz CT molecular complexity index is 528. The van der Waals surface area contributed by atoms with Crippen molar-refractivity contribution in [3.8, 4) is 0 Å². The second kappa shape index (κ2) is 5.69. The van der Waals surface area contributed by atoms with Crippen molar-refractivity contribution in [1.29, 1.82) is 0 Å². The Morgan fingerprint density at radius 3 is 2.94 bits per heavy atom. The van der Waals surface area contributed by atoms with Gasteiger partial charge in [-0.25, -0.2) is 13.1 Å². The minimum Gasteiger partial charge on any atom is -0.398 e. The molecule has 0 saturated carbocycles. The van der Waals surface area contributed by atoms with Gasteiger partial charge < -0.3 is 5.73 Å². The number of thioether (sulfide) groups is 1. The molecule has 0 aliphatic carbocycles. The zero-order valence-electron chi connectivity index (χ0n) is 9.73. The third-order valence-corrected chi connectivity index (χ3v) is 5.80. The summed E-state index contributed by atoms with van der Waals surface area (Å²) in [5, 5.41) is 0.362. The SMILES string of the molecule is Nc1ccc(Cl)cc1S(=O)(=O)NCC1CCSC1. The molecule has 1 unspecified atom stereocenters. The van der Waals surface area contributed by atoms with E-state index in [0.29, 0.717) is 17.5 Å². The van der Waals surface area contributed by atoms with Crippen molar-refractivity contribution >= 4 is 39.1 Å². The molecule has 4 nitrogen and oxygen atoms in total. The van der Waals surface area contributed by atoms with E-state index in [4.69, 9.17) is 17.3 Å². The van der Waals surface area contributed by atoms with E-state index in [2.05, 4.69) is 4.72 Å². The van der Waals surface area contributed by atoms with Crippen molar-refractivity contribution < 1.29 is 8.42 Å². The Morgan fingerprint density at radius 2 is 2.28 bits per heavy atom. The summed E-state index contributed by atoms with van der Waals surface area (Å²) in [4.78, 5) is 0.0562. The third-order valence-electron chi connectivity index (χ3n) is 2.85. The predicted octanol–water partition coefficient (Wildman–Crippen LogP) is 1.95. The summed E-state index contributed by atoms with van der Waals surface area (Å²) in [5.41, 5.74) is 5.89. The normalized spacial score (nSPS) is 20.2. The smallest absolute Gasteiger partial charge is 0.242 e. The van der Waals surface area contributed by atoms with Crippen LogP contribution < -0.4 is 10.5 Å². The van der Waals surface area contributed by atoms with Gasteiger partial charge in [-0.15, -0.1) is 0 Å². The van der Waals surface area contributed by atoms with Gasteiger partial charge in [0.05, 0.1) is 5.69 Å². The number of sulfonamides is 1. The Labute approximate surface area is 116 Å². The molecule has 100 valence electrons. The number of nitrogens with two attached hydrogens (primary N) is 1. The molecule has 0 radical (unpaired) electrons. The van der Waals surface area contributed by atoms with Gasteiger partial charge >= 0.3 is 0 Å². The second-order valence-electron chi connectivity index (χ2n) is 4.26. The number of nitrogen functional groups attached to an aromatic ring is 1. The number of halogens is 1. The number of anilines is 1. The summed E-state index contributed by atoms with van der Waals surface area (Å²) >= 11 is 7.65. The van der Waals surface area contributed by atoms with Gasteiger partial charge in [0.15, 0.2) is 0 Å². The number of nitrogens with one attached hydrogen (secondary N) is 1. The highest BCUT2D eigenvalue weighted by atomic mass is 35.5. The zero-order valence-corrected chi connectivity index (χ0v) is 12.1. The van der Waals surface area contributed by atoms with E-state index >= 15 is 0 Å². The Kier molecular flexibility index (Phi) is 4.42. The first-order chi connectivity index (χ1) is 8.49. The van der Waals surface area contributed by atoms with Gasteiger partial charge in [0.1, 0.15) is 4.90 Å². The molecule has 1 aliphatic rings. The largest absolute Gasteiger partial charge is 0.398 e. The first kappa shape index (κ1) is 14.0. The minimum absolute atomic E-state index is 0.0562. The van der Waals surface area contributed by atoms with E-state index in [1.807, 2.05) is 11.8 Å². The number of rotatable bonds is 4. The van der Waals surface area contributed by atoms with Crippen molar-refractivity contribution in [3.05, 3.63) is 23.2 Å². The standard InChI is InChI=1S/C11H15ClN2O2S2/c12-9-1-2-10(13)11(5-9)18(15,16)14-6-8-3-4-17-7-8/h1-2,5,8,14H,3-4,6-7,13H2. The summed E-state index contributed by atoms with van der Waals surface area (Å²) in [6, 6.07) is 4.45. The molecule has 0 bridgehead atoms. The zero-order chi connectivity index (χ0) is 13.2. The highest BCUT2D eigenvalue weighted by molar-refractivity contribution is 7.99. The molecular formula is C11H15ClN2O2S2. The van der Waals surface area contributed by atoms with Gasteiger partial charge in [0, 0.05) is 11.6 Å². The van der Waals surface area contributed by atoms with E-state index in [-0.39, 0.29) is 10.6 Å². The summed E-state index contributed by atoms with van der Waals surface area (Å²) in [6.07, 6.45) is 1.05. The van der Waals surface area contributed by atoms with Crippen LogP contribution in [-0.4, -0.2) is 26.5 Å². The van der Waals surface area contributed by atoms with Crippen molar-refractivity contribution in [1.82, 2.24) is 4.72 Å². The van der Waals surface area contributed by atoms with E-state index in [9.17, 15) is 8.42 Å². The van der Waals surface area contributed by atoms with Crippen LogP contribution in [0.15, 0.2) is 23.1 Å². The van der Waals surface area contributed by atoms with Crippen LogP contribution in [0.25, 0.3) is 0 Å². The molecule has 0 amide bonds. The van der Waals surface area contributed by atoms with Crippen molar-refractivity contribution in [3.63, 3.8) is 0 Å². The summed E-state index contributed by atoms with van der Waals surface area (Å²) < 4.78 is 26.8. The van der Waals surface area contributed by atoms with Gasteiger partial charge in [-0.3, -0.25) is 0 Å². The van der Waals surface area contributed by atoms with Crippen LogP contribution in [0.4, 0.5) is 5.69 Å². The van der Waals surface area contributed by atoms with E-state index in [0.717, 1.165) is 17.9 Å². The van der Waals surface area contributed by atoms with Crippen LogP contribution in [0.5, 0.6) is 0 Å². The Hall–Kier alpha value is -0.430. The molecule has 1 fully saturated rings. The number of hydrogen-bond donors (Lipinski definition) is 2. The van der Waals surface area contributed by atoms with Crippen molar-refractivity contribution in [2.75, 3.05) is 23.8 Å². The fourth-order valence-corrected chi connectivity index (χ4v) is 4.58. The monoisotopic (exact) mass is 306 g/mol. The first-order valence-corrected chi connectivity index (χ1v) is 8.63. The van der Waals surface area contributed by atoms with Gasteiger partial charge in [-0.2, -0.15) is 11.8 Å². The lowest BCUT2D eigenvalue weighted by Crippen LogP contribution is -2.30. The molecule has 1 aliphatic heterocycles. The molecule has 1 heterocycles. The lowest BCUT2D eigenvalue weighted by atomic mass is 10.1. The quantitative estimate of drug-likeness (QED) is 0.834. The molecular weight excluding hydrogens is 292 g/mol. The average Bonchev–Trinajstić information content (AvgIpc) is 2.83. The molecule has 1 saturated heterocycles. The lowest BCUT2D eigenvalue weighted by molar-refractivity contribution is 0.546. The van der Waals surface area contributed by atoms with Crippen molar-refractivity contribution in [2.24, 2.45) is 5.92 Å². The maximum Gasteiger partial charge on any atom is 0.242 e. The molecule has 0 spiro atoms. The van der Waals surface area contributed by atoms with Crippen LogP contribution >= 0.6 is 23.4 Å². The molecule has 1 aromatic rings. The highest BCUT2D eigenvalue weighted by Gasteiger charge is 2.21. The topological polar surface area (TPSA) is 72.2 Å². The molecule has 2 rings (SSSR count). The van der Waals surface area contributed by atoms with Crippen LogP contribution in [0.2, 0.25) is 5.02 Å². The first-order valence-electron chi connectivity index (χ1n) is 5.61. The minimum atomic E-state index is -3.57. The molecule has 1 aromatic carbocycles. The van der Waals surface area contributed by atoms with E-state index in [1.165, 1.54) is 12.1 Å². The third kappa shape index (κ3) is 3.32. The average molecular weight is 307 g/mol. The fraction of sp³-hybridized carbons (Fsp3) is 0.455. The summed E-state index contributed by atoms with van der Waals surface area (Å²) in [6.45, 7) is 0.460. The summed E-state index contributed by atoms with van der Waals surface area (Å²) in [5.74, 6) is 2.52. The van der Waals surface area contributed by atoms with E-state index < -0.39 is 10.0 Å². The van der Waals surface area contributed by atoms with Crippen LogP contribution in [0.3, 0.4) is 0 Å². The van der Waals surface area contributed by atoms with Crippen LogP contribution in [0.1, 0.15) is 6.42 Å². The van der Waals surface area contributed by atoms with Gasteiger partial charge in [0.25, 0.3) is 0 Å². The Morgan fingerprint density at radius 1 is 1.50 bits per heavy atom. The molecule has 0 aromatic heterocycles. The van der Waals surface area contributed by atoms with Crippen LogP contribution in [-0.2, 0) is 10.0 Å². The van der Waals surface area contributed by atoms with Crippen molar-refractivity contribution in [2.45, 2.75) is 11.3 Å². The molecule has 3 N–H and O–H groups in total. The number of benzene rings is 1. The molecule has 7 heteroatoms. The Balaban J connectivity index is 2.12. The molecule has 1 atom stereocenters. The maximum atomic E-state index is 12.1. The predicted molar refractivity (Wildman–Crippen MR) is 76.5 cm³/mol. The lowest BCUT2D eigenvalue weighted by Gasteiger charge is -2.12. The van der Waals surface area contributed by atoms with E-state index in [1.54, 1.807) is 6.07 Å². The van der Waals surface area contributed by atoms with Gasteiger partial charge in [-0.1, -0.05) is 11.6 Å². The fourth-order valence-electron chi connectivity index (χ4n) is 1.79. The van der Waals surface area contributed by atoms with Gasteiger partial charge in [0.2, 0.25) is 10.0 Å². The maximum absolute atomic E-state index is 12.1. The van der Waals surface area contributed by atoms with Crippen LogP contribution in [0, 0.1) is 5.92 Å². The van der Waals surface area contributed by atoms with Gasteiger partial charge in [-0.05, 0) is 42.0 Å². The highest BCUT2D eigenvalue weighted by Crippen LogP contribution is 2.25.